The minimum Gasteiger partial charge on any atom is -0.324 e. The standard InChI is InChI=1S/C5H11O3P/c1-3-8-9(7,4-2)5-6/h5H,3-4H2,1-2H3. The summed E-state index contributed by atoms with van der Waals surface area (Å²) in [7, 11) is -2.86. The number of carbonyl (C=O) groups excluding carboxylic acids is 1. The summed E-state index contributed by atoms with van der Waals surface area (Å²) in [5.41, 5.74) is 0. The number of hydrogen-bond donors (Lipinski definition) is 0. The van der Waals surface area contributed by atoms with E-state index < -0.39 is 7.37 Å². The van der Waals surface area contributed by atoms with Crippen molar-refractivity contribution < 1.29 is 13.9 Å². The summed E-state index contributed by atoms with van der Waals surface area (Å²) in [6.07, 6.45) is 0.296. The molecule has 0 saturated heterocycles. The van der Waals surface area contributed by atoms with Crippen LogP contribution in [0.2, 0.25) is 0 Å². The minimum atomic E-state index is -2.86. The summed E-state index contributed by atoms with van der Waals surface area (Å²) >= 11 is 0. The molecule has 54 valence electrons. The third-order valence-corrected chi connectivity index (χ3v) is 2.85. The molecule has 0 aromatic rings. The molecule has 0 fully saturated rings. The molecular formula is C5H11O3P. The SMILES string of the molecule is CCOP(=O)(C=O)CC. The lowest BCUT2D eigenvalue weighted by Gasteiger charge is -2.05. The van der Waals surface area contributed by atoms with E-state index in [2.05, 4.69) is 0 Å². The molecule has 0 aromatic heterocycles. The molecule has 0 rings (SSSR count). The van der Waals surface area contributed by atoms with Crippen LogP contribution in [0, 0.1) is 0 Å². The van der Waals surface area contributed by atoms with Crippen LogP contribution in [0.5, 0.6) is 0 Å². The molecule has 0 saturated carbocycles. The second kappa shape index (κ2) is 3.80. The summed E-state index contributed by atoms with van der Waals surface area (Å²) in [5.74, 6) is 0. The summed E-state index contributed by atoms with van der Waals surface area (Å²) in [6.45, 7) is 3.72. The zero-order valence-electron chi connectivity index (χ0n) is 5.66. The Kier molecular flexibility index (Phi) is 3.75. The largest absolute Gasteiger partial charge is 0.324 e. The van der Waals surface area contributed by atoms with E-state index in [4.69, 9.17) is 4.52 Å². The molecule has 0 aromatic carbocycles. The van der Waals surface area contributed by atoms with E-state index in [0.29, 0.717) is 18.8 Å². The number of carbonyl (C=O) groups is 1. The molecular weight excluding hydrogens is 139 g/mol. The zero-order valence-corrected chi connectivity index (χ0v) is 6.56. The highest BCUT2D eigenvalue weighted by Crippen LogP contribution is 2.42. The maximum atomic E-state index is 11.0. The van der Waals surface area contributed by atoms with Crippen molar-refractivity contribution in [2.45, 2.75) is 13.8 Å². The topological polar surface area (TPSA) is 43.4 Å². The van der Waals surface area contributed by atoms with Crippen LogP contribution in [0.4, 0.5) is 0 Å². The van der Waals surface area contributed by atoms with Crippen molar-refractivity contribution in [3.8, 4) is 0 Å². The first kappa shape index (κ1) is 8.86. The Balaban J connectivity index is 3.93. The molecule has 0 N–H and O–H groups in total. The van der Waals surface area contributed by atoms with E-state index in [-0.39, 0.29) is 0 Å². The normalized spacial score (nSPS) is 16.7. The van der Waals surface area contributed by atoms with Gasteiger partial charge in [0, 0.05) is 6.16 Å². The van der Waals surface area contributed by atoms with Gasteiger partial charge in [-0.15, -0.1) is 0 Å². The Hall–Kier alpha value is -0.140. The van der Waals surface area contributed by atoms with Crippen molar-refractivity contribution in [2.24, 2.45) is 0 Å². The van der Waals surface area contributed by atoms with Gasteiger partial charge < -0.3 is 4.52 Å². The van der Waals surface area contributed by atoms with Gasteiger partial charge in [0.05, 0.1) is 6.61 Å². The van der Waals surface area contributed by atoms with Crippen molar-refractivity contribution in [3.63, 3.8) is 0 Å². The number of rotatable bonds is 4. The predicted octanol–water partition coefficient (Wildman–Crippen LogP) is 1.51. The van der Waals surface area contributed by atoms with Gasteiger partial charge in [0.1, 0.15) is 0 Å². The average Bonchev–Trinajstić information content (AvgIpc) is 1.89. The lowest BCUT2D eigenvalue weighted by atomic mass is 10.9. The van der Waals surface area contributed by atoms with Gasteiger partial charge in [0.25, 0.3) is 7.37 Å². The summed E-state index contributed by atoms with van der Waals surface area (Å²) < 4.78 is 15.7. The molecule has 9 heavy (non-hydrogen) atoms. The van der Waals surface area contributed by atoms with E-state index in [1.165, 1.54) is 0 Å². The molecule has 1 unspecified atom stereocenters. The van der Waals surface area contributed by atoms with Crippen LogP contribution in [-0.4, -0.2) is 18.8 Å². The van der Waals surface area contributed by atoms with Crippen molar-refractivity contribution in [1.82, 2.24) is 0 Å². The fraction of sp³-hybridized carbons (Fsp3) is 0.800. The summed E-state index contributed by atoms with van der Waals surface area (Å²) in [6, 6.07) is 0.413. The quantitative estimate of drug-likeness (QED) is 0.450. The van der Waals surface area contributed by atoms with Gasteiger partial charge in [0.2, 0.25) is 6.03 Å². The molecule has 3 nitrogen and oxygen atoms in total. The van der Waals surface area contributed by atoms with Gasteiger partial charge >= 0.3 is 0 Å². The van der Waals surface area contributed by atoms with E-state index in [1.807, 2.05) is 0 Å². The highest BCUT2D eigenvalue weighted by molar-refractivity contribution is 7.73. The Morgan fingerprint density at radius 1 is 1.56 bits per heavy atom. The average molecular weight is 150 g/mol. The van der Waals surface area contributed by atoms with Crippen molar-refractivity contribution in [1.29, 1.82) is 0 Å². The minimum absolute atomic E-state index is 0.296. The lowest BCUT2D eigenvalue weighted by Crippen LogP contribution is -1.92. The molecule has 4 heteroatoms. The van der Waals surface area contributed by atoms with Crippen LogP contribution in [0.3, 0.4) is 0 Å². The van der Waals surface area contributed by atoms with E-state index >= 15 is 0 Å². The highest BCUT2D eigenvalue weighted by Gasteiger charge is 2.17. The van der Waals surface area contributed by atoms with Crippen LogP contribution in [0.25, 0.3) is 0 Å². The zero-order chi connectivity index (χ0) is 7.33. The lowest BCUT2D eigenvalue weighted by molar-refractivity contribution is 0.341. The van der Waals surface area contributed by atoms with Gasteiger partial charge in [-0.05, 0) is 6.92 Å². The summed E-state index contributed by atoms with van der Waals surface area (Å²) in [5, 5.41) is 0. The second-order valence-corrected chi connectivity index (χ2v) is 4.12. The third-order valence-electron chi connectivity index (χ3n) is 0.949. The van der Waals surface area contributed by atoms with Crippen molar-refractivity contribution >= 4 is 13.4 Å². The van der Waals surface area contributed by atoms with Crippen molar-refractivity contribution in [3.05, 3.63) is 0 Å². The fourth-order valence-electron chi connectivity index (χ4n) is 0.415. The molecule has 0 aliphatic carbocycles. The van der Waals surface area contributed by atoms with Crippen LogP contribution < -0.4 is 0 Å². The molecule has 0 spiro atoms. The van der Waals surface area contributed by atoms with Crippen molar-refractivity contribution in [2.75, 3.05) is 12.8 Å². The fourth-order valence-corrected chi connectivity index (χ4v) is 1.24. The Bertz CT molecular complexity index is 132. The highest BCUT2D eigenvalue weighted by atomic mass is 31.2. The Morgan fingerprint density at radius 3 is 2.22 bits per heavy atom. The first-order valence-electron chi connectivity index (χ1n) is 2.88. The van der Waals surface area contributed by atoms with Gasteiger partial charge in [-0.25, -0.2) is 0 Å². The Labute approximate surface area is 54.9 Å². The number of hydrogen-bond acceptors (Lipinski definition) is 3. The van der Waals surface area contributed by atoms with E-state index in [0.717, 1.165) is 0 Å². The molecule has 0 heterocycles. The van der Waals surface area contributed by atoms with Crippen LogP contribution in [0.15, 0.2) is 0 Å². The molecule has 0 radical (unpaired) electrons. The van der Waals surface area contributed by atoms with Crippen LogP contribution in [-0.2, 0) is 13.9 Å². The van der Waals surface area contributed by atoms with Gasteiger partial charge in [-0.1, -0.05) is 6.92 Å². The Morgan fingerprint density at radius 2 is 2.11 bits per heavy atom. The first-order chi connectivity index (χ1) is 4.18. The second-order valence-electron chi connectivity index (χ2n) is 1.57. The molecule has 0 aliphatic heterocycles. The predicted molar refractivity (Wildman–Crippen MR) is 36.5 cm³/mol. The third kappa shape index (κ3) is 2.78. The maximum absolute atomic E-state index is 11.0. The van der Waals surface area contributed by atoms with Gasteiger partial charge in [0.15, 0.2) is 0 Å². The van der Waals surface area contributed by atoms with Crippen LogP contribution >= 0.6 is 7.37 Å². The molecule has 0 amide bonds. The molecule has 0 aliphatic rings. The molecule has 1 atom stereocenters. The monoisotopic (exact) mass is 150 g/mol. The molecule has 0 bridgehead atoms. The maximum Gasteiger partial charge on any atom is 0.263 e. The van der Waals surface area contributed by atoms with E-state index in [1.54, 1.807) is 13.8 Å². The van der Waals surface area contributed by atoms with Crippen LogP contribution in [0.1, 0.15) is 13.8 Å². The van der Waals surface area contributed by atoms with E-state index in [9.17, 15) is 9.36 Å². The summed E-state index contributed by atoms with van der Waals surface area (Å²) in [4.78, 5) is 10.1. The van der Waals surface area contributed by atoms with Gasteiger partial charge in [-0.2, -0.15) is 0 Å². The van der Waals surface area contributed by atoms with Gasteiger partial charge in [-0.3, -0.25) is 9.36 Å². The smallest absolute Gasteiger partial charge is 0.263 e. The first-order valence-corrected chi connectivity index (χ1v) is 4.76.